The molecule has 2 nitrogen and oxygen atoms in total. The van der Waals surface area contributed by atoms with E-state index in [1.165, 1.54) is 25.7 Å². The van der Waals surface area contributed by atoms with Crippen LogP contribution in [-0.2, 0) is 16.1 Å². The van der Waals surface area contributed by atoms with Crippen LogP contribution in [-0.4, -0.2) is 5.97 Å². The zero-order valence-electron chi connectivity index (χ0n) is 25.7. The molecule has 0 heterocycles. The van der Waals surface area contributed by atoms with Gasteiger partial charge in [-0.2, -0.15) is 0 Å². The van der Waals surface area contributed by atoms with Gasteiger partial charge in [0, 0.05) is 0 Å². The van der Waals surface area contributed by atoms with Crippen LogP contribution in [0.2, 0.25) is 0 Å². The molecule has 5 aliphatic carbocycles. The number of fused-ring (bicyclic) bond motifs is 7. The first kappa shape index (κ1) is 27.3. The minimum Gasteiger partial charge on any atom is -0.460 e. The van der Waals surface area contributed by atoms with Crippen molar-refractivity contribution in [2.75, 3.05) is 0 Å². The third-order valence-corrected chi connectivity index (χ3v) is 13.9. The lowest BCUT2D eigenvalue weighted by Crippen LogP contribution is -2.64. The summed E-state index contributed by atoms with van der Waals surface area (Å²) in [6, 6.07) is 10.2. The molecule has 0 radical (unpaired) electrons. The summed E-state index contributed by atoms with van der Waals surface area (Å²) in [6.07, 6.45) is 16.9. The van der Waals surface area contributed by atoms with E-state index in [-0.39, 0.29) is 27.6 Å². The summed E-state index contributed by atoms with van der Waals surface area (Å²) in [7, 11) is 0. The van der Waals surface area contributed by atoms with E-state index in [0.717, 1.165) is 37.2 Å². The topological polar surface area (TPSA) is 26.3 Å². The molecule has 6 rings (SSSR count). The Kier molecular flexibility index (Phi) is 6.37. The predicted molar refractivity (Wildman–Crippen MR) is 160 cm³/mol. The van der Waals surface area contributed by atoms with Crippen LogP contribution in [0, 0.1) is 56.7 Å². The van der Waals surface area contributed by atoms with Crippen molar-refractivity contribution in [3.05, 3.63) is 59.7 Å². The number of esters is 1. The first-order chi connectivity index (χ1) is 18.4. The Morgan fingerprint density at radius 3 is 2.41 bits per heavy atom. The van der Waals surface area contributed by atoms with Gasteiger partial charge in [0.1, 0.15) is 6.61 Å². The van der Waals surface area contributed by atoms with E-state index in [9.17, 15) is 4.79 Å². The van der Waals surface area contributed by atoms with E-state index in [1.54, 1.807) is 5.57 Å². The van der Waals surface area contributed by atoms with Crippen LogP contribution in [0.15, 0.2) is 54.1 Å². The maximum absolute atomic E-state index is 14.2. The molecule has 0 spiro atoms. The summed E-state index contributed by atoms with van der Waals surface area (Å²) in [4.78, 5) is 14.2. The third-order valence-electron chi connectivity index (χ3n) is 13.9. The summed E-state index contributed by atoms with van der Waals surface area (Å²) in [5, 5.41) is 0. The van der Waals surface area contributed by atoms with Gasteiger partial charge < -0.3 is 4.74 Å². The molecule has 3 saturated carbocycles. The number of allylic oxidation sites excluding steroid dienone is 4. The highest BCUT2D eigenvalue weighted by Crippen LogP contribution is 2.75. The van der Waals surface area contributed by atoms with Crippen molar-refractivity contribution < 1.29 is 9.53 Å². The first-order valence-corrected chi connectivity index (χ1v) is 16.0. The molecule has 0 saturated heterocycles. The summed E-state index contributed by atoms with van der Waals surface area (Å²) >= 11 is 0. The largest absolute Gasteiger partial charge is 0.460 e. The standard InChI is InChI=1S/C37H52O2/c1-25-16-21-37(32(38)39-24-27-12-9-8-10-13-27)23-22-35(6)28(31(37)26(25)2)14-15-30-34(5)19-11-18-33(3,4)29(34)17-20-36(30,35)7/h8-14,18,25-26,29-31H,15-17,19-24H2,1-7H3/t25-,26+,29+,30-,31+,34+,35-,36-,37+/m1/s1. The molecule has 0 amide bonds. The van der Waals surface area contributed by atoms with Crippen molar-refractivity contribution in [3.8, 4) is 0 Å². The van der Waals surface area contributed by atoms with Gasteiger partial charge in [-0.1, -0.05) is 103 Å². The molecule has 3 fully saturated rings. The van der Waals surface area contributed by atoms with Crippen molar-refractivity contribution >= 4 is 5.97 Å². The maximum Gasteiger partial charge on any atom is 0.313 e. The summed E-state index contributed by atoms with van der Waals surface area (Å²) < 4.78 is 6.19. The lowest BCUT2D eigenvalue weighted by atomic mass is 9.34. The monoisotopic (exact) mass is 528 g/mol. The third kappa shape index (κ3) is 3.75. The average Bonchev–Trinajstić information content (AvgIpc) is 2.90. The van der Waals surface area contributed by atoms with Gasteiger partial charge in [0.15, 0.2) is 0 Å². The Balaban J connectivity index is 1.38. The molecule has 39 heavy (non-hydrogen) atoms. The zero-order chi connectivity index (χ0) is 27.8. The van der Waals surface area contributed by atoms with E-state index in [1.807, 2.05) is 18.2 Å². The van der Waals surface area contributed by atoms with Gasteiger partial charge in [-0.05, 0) is 108 Å². The van der Waals surface area contributed by atoms with Gasteiger partial charge in [0.05, 0.1) is 5.41 Å². The van der Waals surface area contributed by atoms with Gasteiger partial charge in [0.2, 0.25) is 0 Å². The van der Waals surface area contributed by atoms with Crippen molar-refractivity contribution in [1.82, 2.24) is 0 Å². The molecule has 2 heteroatoms. The van der Waals surface area contributed by atoms with Crippen LogP contribution in [0.4, 0.5) is 0 Å². The number of carbonyl (C=O) groups is 1. The molecule has 0 N–H and O–H groups in total. The molecule has 212 valence electrons. The van der Waals surface area contributed by atoms with Crippen LogP contribution in [0.25, 0.3) is 0 Å². The molecule has 0 bridgehead atoms. The Morgan fingerprint density at radius 2 is 1.67 bits per heavy atom. The average molecular weight is 529 g/mol. The number of hydrogen-bond donors (Lipinski definition) is 0. The normalized spacial score (nSPS) is 46.1. The van der Waals surface area contributed by atoms with Gasteiger partial charge in [-0.15, -0.1) is 0 Å². The smallest absolute Gasteiger partial charge is 0.313 e. The Bertz CT molecular complexity index is 1180. The fraction of sp³-hybridized carbons (Fsp3) is 0.703. The molecular weight excluding hydrogens is 476 g/mol. The molecule has 5 aliphatic rings. The molecular formula is C37H52O2. The maximum atomic E-state index is 14.2. The summed E-state index contributed by atoms with van der Waals surface area (Å²) in [5.74, 6) is 2.94. The summed E-state index contributed by atoms with van der Waals surface area (Å²) in [6.45, 7) is 18.1. The fourth-order valence-corrected chi connectivity index (χ4v) is 11.3. The lowest BCUT2D eigenvalue weighted by molar-refractivity contribution is -0.185. The van der Waals surface area contributed by atoms with Crippen LogP contribution < -0.4 is 0 Å². The second-order valence-corrected chi connectivity index (χ2v) is 15.8. The molecule has 1 aromatic rings. The molecule has 0 aromatic heterocycles. The zero-order valence-corrected chi connectivity index (χ0v) is 25.7. The van der Waals surface area contributed by atoms with Crippen molar-refractivity contribution in [3.63, 3.8) is 0 Å². The van der Waals surface area contributed by atoms with Crippen molar-refractivity contribution in [2.45, 2.75) is 106 Å². The van der Waals surface area contributed by atoms with E-state index in [4.69, 9.17) is 4.74 Å². The predicted octanol–water partition coefficient (Wildman–Crippen LogP) is 9.55. The number of hydrogen-bond acceptors (Lipinski definition) is 2. The Morgan fingerprint density at radius 1 is 0.923 bits per heavy atom. The Labute approximate surface area is 238 Å². The molecule has 9 atom stereocenters. The highest BCUT2D eigenvalue weighted by Gasteiger charge is 2.68. The highest BCUT2D eigenvalue weighted by atomic mass is 16.5. The second-order valence-electron chi connectivity index (χ2n) is 15.8. The van der Waals surface area contributed by atoms with Gasteiger partial charge in [-0.25, -0.2) is 0 Å². The summed E-state index contributed by atoms with van der Waals surface area (Å²) in [5.41, 5.74) is 3.38. The van der Waals surface area contributed by atoms with Crippen LogP contribution >= 0.6 is 0 Å². The van der Waals surface area contributed by atoms with Crippen molar-refractivity contribution in [2.24, 2.45) is 56.7 Å². The van der Waals surface area contributed by atoms with Crippen LogP contribution in [0.5, 0.6) is 0 Å². The first-order valence-electron chi connectivity index (χ1n) is 16.0. The van der Waals surface area contributed by atoms with E-state index in [0.29, 0.717) is 35.7 Å². The minimum absolute atomic E-state index is 0.0696. The fourth-order valence-electron chi connectivity index (χ4n) is 11.3. The van der Waals surface area contributed by atoms with Crippen LogP contribution in [0.3, 0.4) is 0 Å². The number of ether oxygens (including phenoxy) is 1. The molecule has 1 aromatic carbocycles. The van der Waals surface area contributed by atoms with Gasteiger partial charge in [0.25, 0.3) is 0 Å². The molecule has 0 aliphatic heterocycles. The number of carbonyl (C=O) groups excluding carboxylic acids is 1. The van der Waals surface area contributed by atoms with Crippen LogP contribution in [0.1, 0.15) is 105 Å². The number of benzene rings is 1. The lowest BCUT2D eigenvalue weighted by Gasteiger charge is -2.70. The quantitative estimate of drug-likeness (QED) is 0.288. The molecule has 0 unspecified atom stereocenters. The van der Waals surface area contributed by atoms with E-state index < -0.39 is 0 Å². The SMILES string of the molecule is C[C@H]1[C@H](C)CC[C@]2(C(=O)OCc3ccccc3)CC[C@]3(C)C(=CC[C@@H]4[C@@]5(C)CC=CC(C)(C)[C@@H]5CC[C@]43C)[C@H]12. The van der Waals surface area contributed by atoms with E-state index in [2.05, 4.69) is 78.8 Å². The second kappa shape index (κ2) is 9.09. The Hall–Kier alpha value is -1.83. The van der Waals surface area contributed by atoms with Crippen molar-refractivity contribution in [1.29, 1.82) is 0 Å². The van der Waals surface area contributed by atoms with Gasteiger partial charge in [-0.3, -0.25) is 4.79 Å². The van der Waals surface area contributed by atoms with E-state index >= 15 is 0 Å². The van der Waals surface area contributed by atoms with Gasteiger partial charge >= 0.3 is 5.97 Å². The number of rotatable bonds is 3. The minimum atomic E-state index is -0.369. The highest BCUT2D eigenvalue weighted by molar-refractivity contribution is 5.79.